The van der Waals surface area contributed by atoms with Gasteiger partial charge in [0, 0.05) is 23.3 Å². The van der Waals surface area contributed by atoms with Crippen molar-refractivity contribution in [2.24, 2.45) is 17.8 Å². The van der Waals surface area contributed by atoms with Crippen molar-refractivity contribution in [3.05, 3.63) is 70.9 Å². The number of halogens is 2. The quantitative estimate of drug-likeness (QED) is 0.484. The topological polar surface area (TPSA) is 54.9 Å². The Balaban J connectivity index is 1.27. The van der Waals surface area contributed by atoms with Gasteiger partial charge in [-0.2, -0.15) is 0 Å². The van der Waals surface area contributed by atoms with Crippen LogP contribution in [-0.2, 0) is 0 Å². The maximum Gasteiger partial charge on any atom is 0.253 e. The number of nitrogens with one attached hydrogen (secondary N) is 1. The molecule has 3 aromatic rings. The van der Waals surface area contributed by atoms with E-state index in [1.54, 1.807) is 24.3 Å². The van der Waals surface area contributed by atoms with Crippen molar-refractivity contribution in [2.45, 2.75) is 51.0 Å². The van der Waals surface area contributed by atoms with Crippen molar-refractivity contribution in [3.8, 4) is 0 Å². The lowest BCUT2D eigenvalue weighted by molar-refractivity contribution is 0.0877. The van der Waals surface area contributed by atoms with Gasteiger partial charge >= 0.3 is 0 Å². The molecule has 0 radical (unpaired) electrons. The van der Waals surface area contributed by atoms with E-state index < -0.39 is 0 Å². The maximum absolute atomic E-state index is 13.9. The van der Waals surface area contributed by atoms with E-state index in [0.717, 1.165) is 36.6 Å². The van der Waals surface area contributed by atoms with Crippen LogP contribution in [0.15, 0.2) is 48.8 Å². The second-order valence-electron chi connectivity index (χ2n) is 9.96. The number of pyridine rings is 2. The van der Waals surface area contributed by atoms with Gasteiger partial charge in [-0.05, 0) is 105 Å². The van der Waals surface area contributed by atoms with Crippen LogP contribution in [-0.4, -0.2) is 21.4 Å². The fourth-order valence-corrected chi connectivity index (χ4v) is 6.04. The average molecular weight is 452 g/mol. The number of rotatable bonds is 4. The highest BCUT2D eigenvalue weighted by Gasteiger charge is 2.47. The van der Waals surface area contributed by atoms with Crippen molar-refractivity contribution in [1.29, 1.82) is 0 Å². The number of amides is 1. The lowest BCUT2D eigenvalue weighted by Gasteiger charge is -2.34. The van der Waals surface area contributed by atoms with E-state index in [0.29, 0.717) is 34.4 Å². The van der Waals surface area contributed by atoms with Gasteiger partial charge < -0.3 is 5.32 Å². The van der Waals surface area contributed by atoms with Crippen LogP contribution in [0.1, 0.15) is 61.4 Å². The third kappa shape index (κ3) is 3.99. The molecule has 2 saturated carbocycles. The Morgan fingerprint density at radius 3 is 2.50 bits per heavy atom. The van der Waals surface area contributed by atoms with Gasteiger partial charge in [-0.3, -0.25) is 9.78 Å². The van der Waals surface area contributed by atoms with Gasteiger partial charge in [0.2, 0.25) is 0 Å². The normalized spacial score (nSPS) is 25.1. The fraction of sp³-hybridized carbons (Fsp3) is 0.423. The number of fused-ring (bicyclic) bond motifs is 2. The molecule has 1 N–H and O–H groups in total. The standard InChI is InChI=1S/C26H27ClFN3O/c1-26(2,31-25(32)15-3-6-24(27)30-14-15)19-11-16-9-18(10-17(16)12-19)21-7-8-29-23-5-4-20(28)13-22(21)23/h3-8,13-14,16-19H,9-12H2,1-2H3,(H,31,32)/t16-,17+,18?,19+. The molecule has 4 nitrogen and oxygen atoms in total. The molecule has 0 aliphatic heterocycles. The van der Waals surface area contributed by atoms with Crippen molar-refractivity contribution < 1.29 is 9.18 Å². The Labute approximate surface area is 192 Å². The number of nitrogens with zero attached hydrogens (tertiary/aromatic N) is 2. The highest BCUT2D eigenvalue weighted by Crippen LogP contribution is 2.55. The minimum absolute atomic E-state index is 0.112. The first kappa shape index (κ1) is 21.3. The van der Waals surface area contributed by atoms with E-state index >= 15 is 0 Å². The Hall–Kier alpha value is -2.53. The Morgan fingerprint density at radius 1 is 1.06 bits per heavy atom. The van der Waals surface area contributed by atoms with E-state index in [2.05, 4.69) is 35.2 Å². The van der Waals surface area contributed by atoms with Crippen LogP contribution in [0.3, 0.4) is 0 Å². The molecule has 1 aromatic carbocycles. The van der Waals surface area contributed by atoms with E-state index in [1.165, 1.54) is 17.8 Å². The summed E-state index contributed by atoms with van der Waals surface area (Å²) in [6, 6.07) is 10.3. The van der Waals surface area contributed by atoms with Crippen molar-refractivity contribution in [3.63, 3.8) is 0 Å². The summed E-state index contributed by atoms with van der Waals surface area (Å²) in [5, 5.41) is 4.55. The molecule has 6 heteroatoms. The van der Waals surface area contributed by atoms with Crippen LogP contribution in [0.25, 0.3) is 10.9 Å². The molecule has 2 heterocycles. The summed E-state index contributed by atoms with van der Waals surface area (Å²) < 4.78 is 13.9. The molecular weight excluding hydrogens is 425 g/mol. The first-order valence-corrected chi connectivity index (χ1v) is 11.7. The van der Waals surface area contributed by atoms with Crippen LogP contribution < -0.4 is 5.32 Å². The molecule has 4 atom stereocenters. The fourth-order valence-electron chi connectivity index (χ4n) is 5.93. The Bertz CT molecular complexity index is 1150. The summed E-state index contributed by atoms with van der Waals surface area (Å²) >= 11 is 5.84. The van der Waals surface area contributed by atoms with Crippen LogP contribution in [0.2, 0.25) is 5.15 Å². The number of benzene rings is 1. The predicted molar refractivity (Wildman–Crippen MR) is 124 cm³/mol. The van der Waals surface area contributed by atoms with Crippen molar-refractivity contribution in [1.82, 2.24) is 15.3 Å². The number of carbonyl (C=O) groups is 1. The third-order valence-corrected chi connectivity index (χ3v) is 7.86. The molecular formula is C26H27ClFN3O. The number of carbonyl (C=O) groups excluding carboxylic acids is 1. The monoisotopic (exact) mass is 451 g/mol. The summed E-state index contributed by atoms with van der Waals surface area (Å²) in [4.78, 5) is 21.2. The zero-order chi connectivity index (χ0) is 22.5. The van der Waals surface area contributed by atoms with Crippen LogP contribution in [0.4, 0.5) is 4.39 Å². The highest BCUT2D eigenvalue weighted by molar-refractivity contribution is 6.29. The summed E-state index contributed by atoms with van der Waals surface area (Å²) in [6.45, 7) is 4.24. The maximum atomic E-state index is 13.9. The van der Waals surface area contributed by atoms with Gasteiger partial charge in [0.1, 0.15) is 11.0 Å². The first-order chi connectivity index (χ1) is 15.3. The SMILES string of the molecule is CC(C)(NC(=O)c1ccc(Cl)nc1)[C@H]1C[C@H]2CC(c3ccnc4ccc(F)cc34)C[C@H]2C1. The van der Waals surface area contributed by atoms with Crippen LogP contribution in [0.5, 0.6) is 0 Å². The zero-order valence-corrected chi connectivity index (χ0v) is 19.1. The van der Waals surface area contributed by atoms with Gasteiger partial charge in [0.25, 0.3) is 5.91 Å². The lowest BCUT2D eigenvalue weighted by atomic mass is 9.82. The van der Waals surface area contributed by atoms with E-state index in [4.69, 9.17) is 11.6 Å². The van der Waals surface area contributed by atoms with Gasteiger partial charge in [0.15, 0.2) is 0 Å². The van der Waals surface area contributed by atoms with Crippen LogP contribution >= 0.6 is 11.6 Å². The molecule has 0 spiro atoms. The Kier molecular flexibility index (Phi) is 5.40. The molecule has 2 aromatic heterocycles. The van der Waals surface area contributed by atoms with Gasteiger partial charge in [0.05, 0.1) is 11.1 Å². The predicted octanol–water partition coefficient (Wildman–Crippen LogP) is 6.15. The molecule has 166 valence electrons. The molecule has 1 amide bonds. The van der Waals surface area contributed by atoms with Crippen molar-refractivity contribution >= 4 is 28.4 Å². The van der Waals surface area contributed by atoms with E-state index in [9.17, 15) is 9.18 Å². The zero-order valence-electron chi connectivity index (χ0n) is 18.3. The molecule has 2 aliphatic rings. The second kappa shape index (κ2) is 8.11. The van der Waals surface area contributed by atoms with E-state index in [1.807, 2.05) is 6.20 Å². The molecule has 0 bridgehead atoms. The molecule has 1 unspecified atom stereocenters. The van der Waals surface area contributed by atoms with Gasteiger partial charge in [-0.15, -0.1) is 0 Å². The second-order valence-corrected chi connectivity index (χ2v) is 10.4. The molecule has 2 fully saturated rings. The summed E-state index contributed by atoms with van der Waals surface area (Å²) in [5.41, 5.74) is 2.31. The smallest absolute Gasteiger partial charge is 0.253 e. The Morgan fingerprint density at radius 2 is 1.81 bits per heavy atom. The van der Waals surface area contributed by atoms with Crippen molar-refractivity contribution in [2.75, 3.05) is 0 Å². The third-order valence-electron chi connectivity index (χ3n) is 7.64. The first-order valence-electron chi connectivity index (χ1n) is 11.3. The summed E-state index contributed by atoms with van der Waals surface area (Å²) in [5.74, 6) is 1.81. The molecule has 32 heavy (non-hydrogen) atoms. The summed E-state index contributed by atoms with van der Waals surface area (Å²) in [6.07, 6.45) is 7.79. The van der Waals surface area contributed by atoms with Gasteiger partial charge in [-0.25, -0.2) is 9.37 Å². The summed E-state index contributed by atoms with van der Waals surface area (Å²) in [7, 11) is 0. The minimum atomic E-state index is -0.303. The molecule has 2 aliphatic carbocycles. The number of hydrogen-bond acceptors (Lipinski definition) is 3. The van der Waals surface area contributed by atoms with E-state index in [-0.39, 0.29) is 17.3 Å². The minimum Gasteiger partial charge on any atom is -0.347 e. The number of aromatic nitrogens is 2. The highest BCUT2D eigenvalue weighted by atomic mass is 35.5. The van der Waals surface area contributed by atoms with Gasteiger partial charge in [-0.1, -0.05) is 11.6 Å². The molecule has 0 saturated heterocycles. The average Bonchev–Trinajstić information content (AvgIpc) is 3.33. The largest absolute Gasteiger partial charge is 0.347 e. The molecule has 5 rings (SSSR count). The van der Waals surface area contributed by atoms with Crippen LogP contribution in [0, 0.1) is 23.6 Å². The number of hydrogen-bond donors (Lipinski definition) is 1. The lowest BCUT2D eigenvalue weighted by Crippen LogP contribution is -2.48.